The minimum absolute atomic E-state index is 0.170. The SMILES string of the molecule is CC(C)N1C(=O)[C@H](NC(=O)[C@@H](Cc2ccccc2F)NC(=O)OC(C)(C)C)COc2cc(F)ccc21. The van der Waals surface area contributed by atoms with Crippen LogP contribution in [0.2, 0.25) is 0 Å². The summed E-state index contributed by atoms with van der Waals surface area (Å²) >= 11 is 0. The summed E-state index contributed by atoms with van der Waals surface area (Å²) in [4.78, 5) is 40.5. The number of hydrogen-bond donors (Lipinski definition) is 2. The summed E-state index contributed by atoms with van der Waals surface area (Å²) in [5.41, 5.74) is -0.251. The van der Waals surface area contributed by atoms with E-state index in [1.54, 1.807) is 40.7 Å². The Kier molecular flexibility index (Phi) is 8.17. The van der Waals surface area contributed by atoms with Crippen LogP contribution in [0.4, 0.5) is 19.3 Å². The Labute approximate surface area is 208 Å². The lowest BCUT2D eigenvalue weighted by Crippen LogP contribution is -2.57. The van der Waals surface area contributed by atoms with Gasteiger partial charge < -0.3 is 25.0 Å². The highest BCUT2D eigenvalue weighted by Gasteiger charge is 2.36. The van der Waals surface area contributed by atoms with Gasteiger partial charge in [0.2, 0.25) is 5.91 Å². The predicted octanol–water partition coefficient (Wildman–Crippen LogP) is 3.72. The smallest absolute Gasteiger partial charge is 0.408 e. The average Bonchev–Trinajstić information content (AvgIpc) is 2.89. The summed E-state index contributed by atoms with van der Waals surface area (Å²) in [7, 11) is 0. The zero-order valence-electron chi connectivity index (χ0n) is 20.9. The van der Waals surface area contributed by atoms with Crippen molar-refractivity contribution in [2.24, 2.45) is 0 Å². The molecule has 0 radical (unpaired) electrons. The van der Waals surface area contributed by atoms with Crippen molar-refractivity contribution < 1.29 is 32.6 Å². The van der Waals surface area contributed by atoms with E-state index in [0.717, 1.165) is 0 Å². The highest BCUT2D eigenvalue weighted by molar-refractivity contribution is 6.02. The molecule has 0 saturated heterocycles. The molecule has 194 valence electrons. The molecule has 2 atom stereocenters. The van der Waals surface area contributed by atoms with Crippen LogP contribution in [0.5, 0.6) is 5.75 Å². The molecule has 0 unspecified atom stereocenters. The predicted molar refractivity (Wildman–Crippen MR) is 130 cm³/mol. The van der Waals surface area contributed by atoms with Crippen LogP contribution in [0.1, 0.15) is 40.2 Å². The van der Waals surface area contributed by atoms with Gasteiger partial charge in [0.15, 0.2) is 0 Å². The maximum absolute atomic E-state index is 14.3. The largest absolute Gasteiger partial charge is 0.489 e. The van der Waals surface area contributed by atoms with Crippen molar-refractivity contribution in [1.82, 2.24) is 10.6 Å². The summed E-state index contributed by atoms with van der Waals surface area (Å²) < 4.78 is 39.1. The zero-order valence-corrected chi connectivity index (χ0v) is 20.9. The topological polar surface area (TPSA) is 97.0 Å². The van der Waals surface area contributed by atoms with Crippen LogP contribution in [-0.2, 0) is 20.7 Å². The quantitative estimate of drug-likeness (QED) is 0.627. The van der Waals surface area contributed by atoms with Gasteiger partial charge >= 0.3 is 6.09 Å². The molecule has 0 aliphatic carbocycles. The molecule has 3 amide bonds. The standard InChI is InChI=1S/C26H31F2N3O5/c1-15(2)31-21-11-10-17(27)13-22(21)35-14-20(24(31)33)29-23(32)19(30-25(34)36-26(3,4)5)12-16-8-6-7-9-18(16)28/h6-11,13,15,19-20H,12,14H2,1-5H3,(H,29,32)(H,30,34)/t19-,20-/m1/s1. The number of carbonyl (C=O) groups is 3. The third-order valence-electron chi connectivity index (χ3n) is 5.34. The number of carbonyl (C=O) groups excluding carboxylic acids is 3. The van der Waals surface area contributed by atoms with E-state index < -0.39 is 47.2 Å². The number of nitrogens with zero attached hydrogens (tertiary/aromatic N) is 1. The maximum Gasteiger partial charge on any atom is 0.408 e. The summed E-state index contributed by atoms with van der Waals surface area (Å²) in [6.45, 7) is 8.30. The van der Waals surface area contributed by atoms with E-state index in [4.69, 9.17) is 9.47 Å². The normalized spacial score (nSPS) is 16.5. The van der Waals surface area contributed by atoms with E-state index in [0.29, 0.717) is 5.69 Å². The molecule has 8 nitrogen and oxygen atoms in total. The first-order valence-electron chi connectivity index (χ1n) is 11.6. The van der Waals surface area contributed by atoms with Crippen LogP contribution < -0.4 is 20.3 Å². The van der Waals surface area contributed by atoms with Gasteiger partial charge in [-0.2, -0.15) is 0 Å². The summed E-state index contributed by atoms with van der Waals surface area (Å²) in [6.07, 6.45) is -1.05. The molecule has 0 spiro atoms. The van der Waals surface area contributed by atoms with Crippen molar-refractivity contribution >= 4 is 23.6 Å². The second-order valence-electron chi connectivity index (χ2n) is 9.78. The lowest BCUT2D eigenvalue weighted by molar-refractivity contribution is -0.129. The Balaban J connectivity index is 1.85. The maximum atomic E-state index is 14.3. The molecule has 2 aromatic rings. The number of nitrogens with one attached hydrogen (secondary N) is 2. The van der Waals surface area contributed by atoms with E-state index in [1.807, 2.05) is 0 Å². The second-order valence-corrected chi connectivity index (χ2v) is 9.78. The van der Waals surface area contributed by atoms with Gasteiger partial charge in [-0.25, -0.2) is 13.6 Å². The van der Waals surface area contributed by atoms with Crippen molar-refractivity contribution in [3.63, 3.8) is 0 Å². The molecule has 36 heavy (non-hydrogen) atoms. The zero-order chi connectivity index (χ0) is 26.6. The summed E-state index contributed by atoms with van der Waals surface area (Å²) in [5.74, 6) is -2.10. The number of fused-ring (bicyclic) bond motifs is 1. The van der Waals surface area contributed by atoms with Crippen molar-refractivity contribution in [3.05, 3.63) is 59.7 Å². The molecule has 0 fully saturated rings. The molecule has 1 aliphatic heterocycles. The number of hydrogen-bond acceptors (Lipinski definition) is 5. The summed E-state index contributed by atoms with van der Waals surface area (Å²) in [5, 5.41) is 5.08. The van der Waals surface area contributed by atoms with Crippen LogP contribution >= 0.6 is 0 Å². The highest BCUT2D eigenvalue weighted by Crippen LogP contribution is 2.33. The molecule has 10 heteroatoms. The number of ether oxygens (including phenoxy) is 2. The second kappa shape index (κ2) is 10.9. The van der Waals surface area contributed by atoms with Gasteiger partial charge in [-0.1, -0.05) is 18.2 Å². The van der Waals surface area contributed by atoms with Gasteiger partial charge in [-0.15, -0.1) is 0 Å². The van der Waals surface area contributed by atoms with Crippen molar-refractivity contribution in [2.45, 2.75) is 64.8 Å². The Bertz CT molecular complexity index is 1130. The molecule has 0 aromatic heterocycles. The third kappa shape index (κ3) is 6.71. The molecule has 1 aliphatic rings. The first-order valence-corrected chi connectivity index (χ1v) is 11.6. The Morgan fingerprint density at radius 3 is 2.50 bits per heavy atom. The molecule has 1 heterocycles. The van der Waals surface area contributed by atoms with Crippen LogP contribution in [0, 0.1) is 11.6 Å². The van der Waals surface area contributed by atoms with E-state index in [1.165, 1.54) is 41.3 Å². The Hall–Kier alpha value is -3.69. The van der Waals surface area contributed by atoms with Gasteiger partial charge in [-0.05, 0) is 58.4 Å². The molecule has 2 aromatic carbocycles. The Morgan fingerprint density at radius 1 is 1.17 bits per heavy atom. The van der Waals surface area contributed by atoms with Crippen molar-refractivity contribution in [1.29, 1.82) is 0 Å². The van der Waals surface area contributed by atoms with Gasteiger partial charge in [0, 0.05) is 18.5 Å². The number of alkyl carbamates (subject to hydrolysis) is 1. The fourth-order valence-corrected chi connectivity index (χ4v) is 3.78. The van der Waals surface area contributed by atoms with Crippen LogP contribution in [0.25, 0.3) is 0 Å². The highest BCUT2D eigenvalue weighted by atomic mass is 19.1. The molecule has 2 N–H and O–H groups in total. The monoisotopic (exact) mass is 503 g/mol. The lowest BCUT2D eigenvalue weighted by atomic mass is 10.0. The van der Waals surface area contributed by atoms with E-state index in [9.17, 15) is 23.2 Å². The molecule has 0 bridgehead atoms. The first kappa shape index (κ1) is 26.9. The third-order valence-corrected chi connectivity index (χ3v) is 5.34. The lowest BCUT2D eigenvalue weighted by Gasteiger charge is -2.29. The van der Waals surface area contributed by atoms with E-state index >= 15 is 0 Å². The number of halogens is 2. The average molecular weight is 504 g/mol. The fraction of sp³-hybridized carbons (Fsp3) is 0.423. The number of amides is 3. The molecule has 0 saturated carbocycles. The van der Waals surface area contributed by atoms with Gasteiger partial charge in [-0.3, -0.25) is 9.59 Å². The van der Waals surface area contributed by atoms with Crippen LogP contribution in [-0.4, -0.2) is 48.2 Å². The van der Waals surface area contributed by atoms with Gasteiger partial charge in [0.05, 0.1) is 5.69 Å². The van der Waals surface area contributed by atoms with Gasteiger partial charge in [0.25, 0.3) is 5.91 Å². The van der Waals surface area contributed by atoms with Gasteiger partial charge in [0.1, 0.15) is 41.7 Å². The minimum Gasteiger partial charge on any atom is -0.489 e. The summed E-state index contributed by atoms with van der Waals surface area (Å²) in [6, 6.07) is 6.99. The number of rotatable bonds is 6. The molecule has 3 rings (SSSR count). The Morgan fingerprint density at radius 2 is 1.86 bits per heavy atom. The van der Waals surface area contributed by atoms with Crippen LogP contribution in [0.15, 0.2) is 42.5 Å². The van der Waals surface area contributed by atoms with Crippen molar-refractivity contribution in [3.8, 4) is 5.75 Å². The van der Waals surface area contributed by atoms with Crippen LogP contribution in [0.3, 0.4) is 0 Å². The van der Waals surface area contributed by atoms with E-state index in [-0.39, 0.29) is 30.4 Å². The van der Waals surface area contributed by atoms with Crippen molar-refractivity contribution in [2.75, 3.05) is 11.5 Å². The first-order chi connectivity index (χ1) is 16.9. The number of benzene rings is 2. The molecular weight excluding hydrogens is 472 g/mol. The fourth-order valence-electron chi connectivity index (χ4n) is 3.78. The number of anilines is 1. The molecular formula is C26H31F2N3O5. The minimum atomic E-state index is -1.25. The van der Waals surface area contributed by atoms with E-state index in [2.05, 4.69) is 10.6 Å².